The zero-order chi connectivity index (χ0) is 25.5. The first kappa shape index (κ1) is 25.6. The zero-order valence-electron chi connectivity index (χ0n) is 18.6. The lowest BCUT2D eigenvalue weighted by atomic mass is 9.86. The average molecular weight is 546 g/mol. The number of carbonyl (C=O) groups excluding carboxylic acids is 1. The fourth-order valence-corrected chi connectivity index (χ4v) is 4.74. The summed E-state index contributed by atoms with van der Waals surface area (Å²) < 4.78 is 37.2. The average Bonchev–Trinajstić information content (AvgIpc) is 3.30. The minimum absolute atomic E-state index is 0.0480. The van der Waals surface area contributed by atoms with E-state index in [9.17, 15) is 15.0 Å². The van der Waals surface area contributed by atoms with E-state index in [1.165, 1.54) is 24.3 Å². The first-order valence-corrected chi connectivity index (χ1v) is 12.0. The van der Waals surface area contributed by atoms with Gasteiger partial charge in [0.2, 0.25) is 3.79 Å². The van der Waals surface area contributed by atoms with Gasteiger partial charge in [0, 0.05) is 30.7 Å². The summed E-state index contributed by atoms with van der Waals surface area (Å²) in [5.41, 5.74) is 2.35. The molecular formula is C23H22BCl3F2N2O4. The zero-order valence-corrected chi connectivity index (χ0v) is 20.9. The second-order valence-electron chi connectivity index (χ2n) is 8.58. The molecule has 0 aliphatic carbocycles. The van der Waals surface area contributed by atoms with Gasteiger partial charge in [-0.15, -0.1) is 0 Å². The highest BCUT2D eigenvalue weighted by Gasteiger charge is 2.54. The molecule has 2 aliphatic heterocycles. The minimum atomic E-state index is -4.23. The van der Waals surface area contributed by atoms with Gasteiger partial charge in [0.05, 0.1) is 6.42 Å². The number of halogens is 5. The highest BCUT2D eigenvalue weighted by atomic mass is 35.6. The number of carbonyl (C=O) groups is 1. The summed E-state index contributed by atoms with van der Waals surface area (Å²) in [6, 6.07) is 5.17. The van der Waals surface area contributed by atoms with Crippen molar-refractivity contribution < 1.29 is 32.9 Å². The Balaban J connectivity index is 1.61. The fraction of sp³-hybridized carbons (Fsp3) is 0.304. The molecule has 3 heterocycles. The van der Waals surface area contributed by atoms with Crippen LogP contribution in [-0.2, 0) is 16.0 Å². The van der Waals surface area contributed by atoms with Gasteiger partial charge in [-0.05, 0) is 54.1 Å². The van der Waals surface area contributed by atoms with Gasteiger partial charge in [0.15, 0.2) is 0 Å². The minimum Gasteiger partial charge on any atom is -0.508 e. The molecule has 186 valence electrons. The highest BCUT2D eigenvalue weighted by Crippen LogP contribution is 2.35. The van der Waals surface area contributed by atoms with E-state index in [-0.39, 0.29) is 30.0 Å². The van der Waals surface area contributed by atoms with Crippen LogP contribution < -0.4 is 0 Å². The summed E-state index contributed by atoms with van der Waals surface area (Å²) in [7, 11) is 0. The topological polar surface area (TPSA) is 74.7 Å². The number of nitrogens with zero attached hydrogens (tertiary/aromatic N) is 2. The second kappa shape index (κ2) is 9.52. The molecule has 6 nitrogen and oxygen atoms in total. The lowest BCUT2D eigenvalue weighted by molar-refractivity contribution is -0.457. The lowest BCUT2D eigenvalue weighted by Gasteiger charge is -2.35. The number of phenols is 2. The van der Waals surface area contributed by atoms with Crippen LogP contribution in [-0.4, -0.2) is 54.3 Å². The second-order valence-corrected chi connectivity index (χ2v) is 11.1. The molecule has 4 rings (SSSR count). The van der Waals surface area contributed by atoms with Gasteiger partial charge >= 0.3 is 12.9 Å². The lowest BCUT2D eigenvalue weighted by Crippen LogP contribution is -2.57. The number of aromatic hydroxyl groups is 2. The predicted molar refractivity (Wildman–Crippen MR) is 134 cm³/mol. The molecule has 0 saturated carbocycles. The number of aromatic nitrogens is 1. The van der Waals surface area contributed by atoms with Crippen LogP contribution in [0.5, 0.6) is 11.5 Å². The Kier molecular flexibility index (Phi) is 6.97. The molecule has 35 heavy (non-hydrogen) atoms. The first-order chi connectivity index (χ1) is 16.3. The summed E-state index contributed by atoms with van der Waals surface area (Å²) in [5.74, 6) is -0.917. The number of esters is 1. The van der Waals surface area contributed by atoms with Crippen molar-refractivity contribution in [1.29, 1.82) is 0 Å². The van der Waals surface area contributed by atoms with Crippen LogP contribution >= 0.6 is 34.8 Å². The van der Waals surface area contributed by atoms with Crippen LogP contribution in [0.1, 0.15) is 35.4 Å². The van der Waals surface area contributed by atoms with Crippen molar-refractivity contribution in [1.82, 2.24) is 4.48 Å². The third-order valence-electron chi connectivity index (χ3n) is 5.99. The van der Waals surface area contributed by atoms with Crippen molar-refractivity contribution in [3.63, 3.8) is 0 Å². The number of fused-ring (bicyclic) bond motifs is 2. The Morgan fingerprint density at radius 1 is 1.23 bits per heavy atom. The largest absolute Gasteiger partial charge is 0.732 e. The smallest absolute Gasteiger partial charge is 0.508 e. The molecule has 1 atom stereocenters. The quantitative estimate of drug-likeness (QED) is 0.296. The van der Waals surface area contributed by atoms with Gasteiger partial charge in [-0.3, -0.25) is 4.79 Å². The Hall–Kier alpha value is -2.49. The summed E-state index contributed by atoms with van der Waals surface area (Å²) in [5, 5.41) is 19.4. The van der Waals surface area contributed by atoms with E-state index in [2.05, 4.69) is 0 Å². The van der Waals surface area contributed by atoms with Crippen molar-refractivity contribution in [3.8, 4) is 11.5 Å². The third kappa shape index (κ3) is 5.52. The van der Waals surface area contributed by atoms with E-state index in [1.54, 1.807) is 31.2 Å². The molecule has 0 fully saturated rings. The van der Waals surface area contributed by atoms with E-state index in [0.717, 1.165) is 14.5 Å². The number of hydrogen-bond acceptors (Lipinski definition) is 4. The molecule has 0 saturated heterocycles. The molecule has 2 aliphatic rings. The van der Waals surface area contributed by atoms with Crippen molar-refractivity contribution in [2.45, 2.75) is 36.0 Å². The van der Waals surface area contributed by atoms with Gasteiger partial charge in [-0.1, -0.05) is 40.9 Å². The number of hydrogen-bond donors (Lipinski definition) is 2. The van der Waals surface area contributed by atoms with Crippen molar-refractivity contribution in [2.75, 3.05) is 6.61 Å². The van der Waals surface area contributed by atoms with Gasteiger partial charge < -0.3 is 32.5 Å². The number of allylic oxidation sites excluding steroid dienone is 1. The number of aryl methyl sites for hydroxylation is 1. The van der Waals surface area contributed by atoms with Crippen LogP contribution in [0.3, 0.4) is 0 Å². The van der Waals surface area contributed by atoms with Crippen LogP contribution in [0.15, 0.2) is 36.4 Å². The molecule has 12 heteroatoms. The third-order valence-corrected chi connectivity index (χ3v) is 6.32. The van der Waals surface area contributed by atoms with Crippen LogP contribution in [0.25, 0.3) is 12.2 Å². The summed E-state index contributed by atoms with van der Waals surface area (Å²) in [4.78, 5) is 12.0. The van der Waals surface area contributed by atoms with Gasteiger partial charge in [-0.25, -0.2) is 0 Å². The Bertz CT molecular complexity index is 1250. The molecule has 2 aromatic rings. The van der Waals surface area contributed by atoms with Crippen LogP contribution in [0.2, 0.25) is 0 Å². The van der Waals surface area contributed by atoms with E-state index in [0.29, 0.717) is 23.4 Å². The van der Waals surface area contributed by atoms with E-state index in [1.807, 2.05) is 0 Å². The van der Waals surface area contributed by atoms with E-state index >= 15 is 8.63 Å². The maximum Gasteiger partial charge on any atom is 0.732 e. The Labute approximate surface area is 215 Å². The molecule has 2 N–H and O–H groups in total. The van der Waals surface area contributed by atoms with Crippen LogP contribution in [0, 0.1) is 6.92 Å². The number of rotatable bonds is 6. The van der Waals surface area contributed by atoms with Gasteiger partial charge in [0.1, 0.15) is 29.9 Å². The number of ether oxygens (including phenoxy) is 1. The number of alkyl halides is 3. The molecule has 0 radical (unpaired) electrons. The summed E-state index contributed by atoms with van der Waals surface area (Å²) >= 11 is 16.7. The molecule has 0 amide bonds. The molecule has 0 spiro atoms. The molecule has 1 aromatic carbocycles. The predicted octanol–water partition coefficient (Wildman–Crippen LogP) is 5.24. The number of benzene rings is 1. The summed E-state index contributed by atoms with van der Waals surface area (Å²) in [6.45, 7) is -2.86. The van der Waals surface area contributed by atoms with E-state index in [4.69, 9.17) is 39.5 Å². The molecule has 1 unspecified atom stereocenters. The van der Waals surface area contributed by atoms with Crippen molar-refractivity contribution in [3.05, 3.63) is 58.9 Å². The monoisotopic (exact) mass is 544 g/mol. The SMILES string of the molecule is Cc1cc(/C=C/c2cc(O)cc(O)c2)n2c1CC1C=CC(CCC(=O)OCC(Cl)(Cl)Cl)=[N+]1[B-]2(F)F. The Morgan fingerprint density at radius 2 is 1.91 bits per heavy atom. The van der Waals surface area contributed by atoms with E-state index < -0.39 is 29.4 Å². The van der Waals surface area contributed by atoms with Gasteiger partial charge in [0.25, 0.3) is 0 Å². The maximum atomic E-state index is 16.0. The fourth-order valence-electron chi connectivity index (χ4n) is 4.58. The Morgan fingerprint density at radius 3 is 2.57 bits per heavy atom. The van der Waals surface area contributed by atoms with Gasteiger partial charge in [-0.2, -0.15) is 0 Å². The van der Waals surface area contributed by atoms with Crippen molar-refractivity contribution in [2.24, 2.45) is 0 Å². The normalized spacial score (nSPS) is 18.7. The molecule has 0 bridgehead atoms. The van der Waals surface area contributed by atoms with Crippen molar-refractivity contribution >= 4 is 65.6 Å². The first-order valence-electron chi connectivity index (χ1n) is 10.8. The molecular weight excluding hydrogens is 523 g/mol. The number of phenolic OH excluding ortho intramolecular Hbond substituents is 2. The van der Waals surface area contributed by atoms with Crippen LogP contribution in [0.4, 0.5) is 8.63 Å². The summed E-state index contributed by atoms with van der Waals surface area (Å²) in [6.07, 6.45) is 6.70. The standard InChI is InChI=1S/C23H22BCl3F2N2O4/c1-14-8-17(3-2-15-9-19(32)12-20(33)10-15)31-21(14)11-18-5-4-16(30(18)24(31,28)29)6-7-22(34)35-13-23(25,26)27/h2-5,8-10,12,18,32-33H,6-7,11,13H2,1H3/b3-2+. The molecule has 1 aromatic heterocycles. The highest BCUT2D eigenvalue weighted by molar-refractivity contribution is 6.67. The maximum absolute atomic E-state index is 16.0.